The lowest BCUT2D eigenvalue weighted by Crippen LogP contribution is -2.20. The fourth-order valence-corrected chi connectivity index (χ4v) is 2.30. The summed E-state index contributed by atoms with van der Waals surface area (Å²) in [6, 6.07) is 10.1. The summed E-state index contributed by atoms with van der Waals surface area (Å²) in [4.78, 5) is 23.4. The summed E-state index contributed by atoms with van der Waals surface area (Å²) in [5.74, 6) is -0.284. The third-order valence-electron chi connectivity index (χ3n) is 3.18. The van der Waals surface area contributed by atoms with Gasteiger partial charge in [-0.05, 0) is 36.4 Å². The van der Waals surface area contributed by atoms with Gasteiger partial charge in [0.25, 0.3) is 11.8 Å². The minimum Gasteiger partial charge on any atom is -0.493 e. The second kappa shape index (κ2) is 8.39. The predicted octanol–water partition coefficient (Wildman–Crippen LogP) is 2.58. The molecule has 3 N–H and O–H groups in total. The number of anilines is 1. The minimum absolute atomic E-state index is 0.198. The molecule has 0 aliphatic rings. The lowest BCUT2D eigenvalue weighted by Gasteiger charge is -2.15. The molecular weight excluding hydrogens is 392 g/mol. The van der Waals surface area contributed by atoms with Crippen molar-refractivity contribution in [3.8, 4) is 17.2 Å². The van der Waals surface area contributed by atoms with Crippen LogP contribution in [0.3, 0.4) is 0 Å². The Labute approximate surface area is 153 Å². The van der Waals surface area contributed by atoms with Crippen LogP contribution in [0.4, 0.5) is 5.69 Å². The van der Waals surface area contributed by atoms with Gasteiger partial charge in [-0.15, -0.1) is 0 Å². The van der Waals surface area contributed by atoms with Gasteiger partial charge in [0.1, 0.15) is 0 Å². The fraction of sp³-hybridized carbons (Fsp3) is 0.176. The first-order chi connectivity index (χ1) is 11.9. The Hall–Kier alpha value is -2.74. The number of carbonyl (C=O) groups is 2. The molecule has 0 aliphatic heterocycles. The highest BCUT2D eigenvalue weighted by Gasteiger charge is 2.18. The van der Waals surface area contributed by atoms with E-state index in [9.17, 15) is 9.59 Å². The summed E-state index contributed by atoms with van der Waals surface area (Å²) in [5.41, 5.74) is 6.03. The average Bonchev–Trinajstić information content (AvgIpc) is 2.60. The molecule has 2 aromatic rings. The van der Waals surface area contributed by atoms with E-state index < -0.39 is 5.91 Å². The monoisotopic (exact) mass is 408 g/mol. The molecule has 2 amide bonds. The summed E-state index contributed by atoms with van der Waals surface area (Å²) in [6.45, 7) is -0.336. The third-order valence-corrected chi connectivity index (χ3v) is 3.71. The molecule has 0 radical (unpaired) electrons. The number of amides is 2. The fourth-order valence-electron chi connectivity index (χ4n) is 2.03. The maximum atomic E-state index is 12.5. The molecule has 0 fully saturated rings. The van der Waals surface area contributed by atoms with Gasteiger partial charge in [0.05, 0.1) is 14.2 Å². The molecule has 0 unspecified atom stereocenters. The molecule has 0 bridgehead atoms. The van der Waals surface area contributed by atoms with Crippen LogP contribution in [0.25, 0.3) is 0 Å². The van der Waals surface area contributed by atoms with Gasteiger partial charge in [-0.2, -0.15) is 0 Å². The number of hydrogen-bond acceptors (Lipinski definition) is 5. The number of nitrogens with one attached hydrogen (secondary N) is 1. The summed E-state index contributed by atoms with van der Waals surface area (Å²) >= 11 is 3.33. The van der Waals surface area contributed by atoms with Gasteiger partial charge in [-0.3, -0.25) is 9.59 Å². The SMILES string of the molecule is COc1cc(C(=O)Nc2ccc(Br)cc2)cc(OC)c1OCC(N)=O. The van der Waals surface area contributed by atoms with E-state index in [2.05, 4.69) is 21.2 Å². The number of methoxy groups -OCH3 is 2. The first-order valence-electron chi connectivity index (χ1n) is 7.18. The molecule has 2 rings (SSSR count). The van der Waals surface area contributed by atoms with Gasteiger partial charge >= 0.3 is 0 Å². The van der Waals surface area contributed by atoms with Crippen LogP contribution in [0.5, 0.6) is 17.2 Å². The normalized spacial score (nSPS) is 10.0. The molecule has 132 valence electrons. The van der Waals surface area contributed by atoms with E-state index >= 15 is 0 Å². The Bertz CT molecular complexity index is 752. The molecule has 8 heteroatoms. The molecule has 2 aromatic carbocycles. The lowest BCUT2D eigenvalue weighted by molar-refractivity contribution is -0.120. The molecule has 0 aliphatic carbocycles. The molecule has 0 spiro atoms. The van der Waals surface area contributed by atoms with Crippen molar-refractivity contribution in [1.82, 2.24) is 0 Å². The Morgan fingerprint density at radius 1 is 1.08 bits per heavy atom. The maximum absolute atomic E-state index is 12.5. The number of ether oxygens (including phenoxy) is 3. The topological polar surface area (TPSA) is 99.9 Å². The summed E-state index contributed by atoms with van der Waals surface area (Å²) in [6.07, 6.45) is 0. The zero-order valence-corrected chi connectivity index (χ0v) is 15.3. The van der Waals surface area contributed by atoms with Crippen molar-refractivity contribution < 1.29 is 23.8 Å². The Kier molecular flexibility index (Phi) is 6.24. The van der Waals surface area contributed by atoms with Crippen molar-refractivity contribution in [3.63, 3.8) is 0 Å². The van der Waals surface area contributed by atoms with Crippen molar-refractivity contribution in [2.45, 2.75) is 0 Å². The van der Waals surface area contributed by atoms with E-state index in [1.807, 2.05) is 12.1 Å². The molecular formula is C17H17BrN2O5. The van der Waals surface area contributed by atoms with Crippen molar-refractivity contribution in [3.05, 3.63) is 46.4 Å². The standard InChI is InChI=1S/C17H17BrN2O5/c1-23-13-7-10(8-14(24-2)16(13)25-9-15(19)21)17(22)20-12-5-3-11(18)4-6-12/h3-8H,9H2,1-2H3,(H2,19,21)(H,20,22). The molecule has 0 saturated carbocycles. The number of benzene rings is 2. The average molecular weight is 409 g/mol. The minimum atomic E-state index is -0.638. The summed E-state index contributed by atoms with van der Waals surface area (Å²) in [5, 5.41) is 2.77. The molecule has 25 heavy (non-hydrogen) atoms. The van der Waals surface area contributed by atoms with Crippen molar-refractivity contribution in [2.24, 2.45) is 5.73 Å². The van der Waals surface area contributed by atoms with Crippen LogP contribution in [-0.4, -0.2) is 32.6 Å². The quantitative estimate of drug-likeness (QED) is 0.733. The second-order valence-corrected chi connectivity index (χ2v) is 5.84. The van der Waals surface area contributed by atoms with Gasteiger partial charge in [0.15, 0.2) is 18.1 Å². The Morgan fingerprint density at radius 2 is 1.64 bits per heavy atom. The Balaban J connectivity index is 2.29. The van der Waals surface area contributed by atoms with Gasteiger partial charge in [0, 0.05) is 15.7 Å². The highest BCUT2D eigenvalue weighted by atomic mass is 79.9. The van der Waals surface area contributed by atoms with Crippen LogP contribution in [-0.2, 0) is 4.79 Å². The zero-order chi connectivity index (χ0) is 18.4. The smallest absolute Gasteiger partial charge is 0.255 e. The van der Waals surface area contributed by atoms with Crippen LogP contribution in [0.2, 0.25) is 0 Å². The van der Waals surface area contributed by atoms with Crippen LogP contribution in [0.1, 0.15) is 10.4 Å². The van der Waals surface area contributed by atoms with Crippen molar-refractivity contribution in [2.75, 3.05) is 26.1 Å². The number of halogens is 1. The van der Waals surface area contributed by atoms with E-state index in [0.717, 1.165) is 4.47 Å². The van der Waals surface area contributed by atoms with E-state index in [1.165, 1.54) is 26.4 Å². The van der Waals surface area contributed by atoms with Gasteiger partial charge in [-0.1, -0.05) is 15.9 Å². The maximum Gasteiger partial charge on any atom is 0.255 e. The van der Waals surface area contributed by atoms with Crippen LogP contribution < -0.4 is 25.3 Å². The van der Waals surface area contributed by atoms with Gasteiger partial charge in [0.2, 0.25) is 5.75 Å². The van der Waals surface area contributed by atoms with Crippen LogP contribution >= 0.6 is 15.9 Å². The van der Waals surface area contributed by atoms with Crippen LogP contribution in [0.15, 0.2) is 40.9 Å². The molecule has 0 heterocycles. The van der Waals surface area contributed by atoms with Crippen LogP contribution in [0, 0.1) is 0 Å². The summed E-state index contributed by atoms with van der Waals surface area (Å²) in [7, 11) is 2.84. The highest BCUT2D eigenvalue weighted by molar-refractivity contribution is 9.10. The van der Waals surface area contributed by atoms with E-state index in [-0.39, 0.29) is 29.8 Å². The number of primary amides is 1. The third kappa shape index (κ3) is 4.87. The number of hydrogen-bond donors (Lipinski definition) is 2. The largest absolute Gasteiger partial charge is 0.493 e. The number of carbonyl (C=O) groups excluding carboxylic acids is 2. The first kappa shape index (κ1) is 18.6. The van der Waals surface area contributed by atoms with E-state index in [1.54, 1.807) is 12.1 Å². The molecule has 0 saturated heterocycles. The second-order valence-electron chi connectivity index (χ2n) is 4.93. The lowest BCUT2D eigenvalue weighted by atomic mass is 10.1. The highest BCUT2D eigenvalue weighted by Crippen LogP contribution is 2.38. The van der Waals surface area contributed by atoms with Crippen molar-refractivity contribution in [1.29, 1.82) is 0 Å². The molecule has 0 aromatic heterocycles. The van der Waals surface area contributed by atoms with Gasteiger partial charge in [-0.25, -0.2) is 0 Å². The van der Waals surface area contributed by atoms with E-state index in [0.29, 0.717) is 11.3 Å². The number of nitrogens with two attached hydrogens (primary N) is 1. The predicted molar refractivity (Wildman–Crippen MR) is 96.3 cm³/mol. The zero-order valence-electron chi connectivity index (χ0n) is 13.7. The molecule has 7 nitrogen and oxygen atoms in total. The first-order valence-corrected chi connectivity index (χ1v) is 7.98. The van der Waals surface area contributed by atoms with Crippen molar-refractivity contribution >= 4 is 33.4 Å². The van der Waals surface area contributed by atoms with E-state index in [4.69, 9.17) is 19.9 Å². The number of rotatable bonds is 7. The van der Waals surface area contributed by atoms with Gasteiger partial charge < -0.3 is 25.3 Å². The molecule has 0 atom stereocenters. The Morgan fingerprint density at radius 3 is 2.12 bits per heavy atom. The summed E-state index contributed by atoms with van der Waals surface area (Å²) < 4.78 is 16.7.